The van der Waals surface area contributed by atoms with E-state index in [-0.39, 0.29) is 16.6 Å². The van der Waals surface area contributed by atoms with Gasteiger partial charge in [0.05, 0.1) is 16.1 Å². The highest BCUT2D eigenvalue weighted by Gasteiger charge is 2.21. The Balaban J connectivity index is 2.14. The Morgan fingerprint density at radius 1 is 1.15 bits per heavy atom. The van der Waals surface area contributed by atoms with Gasteiger partial charge in [-0.1, -0.05) is 20.8 Å². The molecule has 0 fully saturated rings. The van der Waals surface area contributed by atoms with Crippen molar-refractivity contribution in [2.24, 2.45) is 5.41 Å². The fraction of sp³-hybridized carbons (Fsp3) is 0.235. The number of carbonyl (C=O) groups excluding carboxylic acids is 1. The van der Waals surface area contributed by atoms with Crippen LogP contribution in [-0.4, -0.2) is 26.2 Å². The smallest absolute Gasteiger partial charge is 0.338 e. The molecule has 2 aromatic rings. The van der Waals surface area contributed by atoms with E-state index in [1.165, 1.54) is 18.3 Å². The monoisotopic (exact) mass is 397 g/mol. The van der Waals surface area contributed by atoms with Gasteiger partial charge < -0.3 is 10.4 Å². The van der Waals surface area contributed by atoms with Crippen LogP contribution in [0.3, 0.4) is 0 Å². The van der Waals surface area contributed by atoms with Crippen molar-refractivity contribution in [3.05, 3.63) is 47.7 Å². The number of aromatic carboxylic acids is 1. The van der Waals surface area contributed by atoms with Gasteiger partial charge in [-0.3, -0.25) is 9.52 Å². The van der Waals surface area contributed by atoms with Crippen LogP contribution in [0.4, 0.5) is 20.3 Å². The number of hydrogen-bond donors (Lipinski definition) is 3. The van der Waals surface area contributed by atoms with Crippen LogP contribution in [0.15, 0.2) is 35.4 Å². The second kappa shape index (κ2) is 7.78. The van der Waals surface area contributed by atoms with Crippen molar-refractivity contribution in [1.82, 2.24) is 4.98 Å². The topological polar surface area (TPSA) is 108 Å². The van der Waals surface area contributed by atoms with Gasteiger partial charge in [0.15, 0.2) is 11.0 Å². The van der Waals surface area contributed by atoms with Crippen molar-refractivity contribution in [2.45, 2.75) is 25.7 Å². The molecule has 1 unspecified atom stereocenters. The number of nitrogens with one attached hydrogen (secondary N) is 2. The summed E-state index contributed by atoms with van der Waals surface area (Å²) in [6.07, 6.45) is 1.21. The number of halogens is 2. The number of pyridine rings is 1. The molecule has 1 aromatic heterocycles. The molecule has 0 spiro atoms. The average molecular weight is 397 g/mol. The fourth-order valence-corrected chi connectivity index (χ4v) is 2.63. The van der Waals surface area contributed by atoms with E-state index >= 15 is 0 Å². The third-order valence-corrected chi connectivity index (χ3v) is 4.44. The van der Waals surface area contributed by atoms with Gasteiger partial charge in [-0.05, 0) is 18.2 Å². The zero-order valence-corrected chi connectivity index (χ0v) is 15.5. The first-order valence-electron chi connectivity index (χ1n) is 7.67. The standard InChI is InChI=1S/C17H17F2N3O4S/c1-17(2,3)16(25)21-14-5-4-9(8-20-14)27(26)22-13-7-11(18)10(15(23)24)6-12(13)19/h4-8,22H,1-3H3,(H,23,24)(H,20,21,25). The van der Waals surface area contributed by atoms with Gasteiger partial charge in [0.2, 0.25) is 5.91 Å². The number of anilines is 2. The van der Waals surface area contributed by atoms with Gasteiger partial charge in [-0.15, -0.1) is 0 Å². The number of carboxylic acids is 1. The van der Waals surface area contributed by atoms with Crippen LogP contribution < -0.4 is 10.0 Å². The lowest BCUT2D eigenvalue weighted by molar-refractivity contribution is -0.123. The summed E-state index contributed by atoms with van der Waals surface area (Å²) in [5, 5.41) is 11.4. The summed E-state index contributed by atoms with van der Waals surface area (Å²) in [6, 6.07) is 3.93. The van der Waals surface area contributed by atoms with Gasteiger partial charge in [0, 0.05) is 17.7 Å². The van der Waals surface area contributed by atoms with Crippen LogP contribution in [0.1, 0.15) is 31.1 Å². The molecule has 1 heterocycles. The number of carboxylic acid groups (broad SMARTS) is 1. The summed E-state index contributed by atoms with van der Waals surface area (Å²) in [5.74, 6) is -3.85. The number of rotatable bonds is 5. The molecule has 3 N–H and O–H groups in total. The Morgan fingerprint density at radius 3 is 2.33 bits per heavy atom. The Hall–Kier alpha value is -2.88. The van der Waals surface area contributed by atoms with Crippen molar-refractivity contribution >= 4 is 34.4 Å². The van der Waals surface area contributed by atoms with Crippen LogP contribution in [0.2, 0.25) is 0 Å². The van der Waals surface area contributed by atoms with Crippen molar-refractivity contribution in [3.8, 4) is 0 Å². The van der Waals surface area contributed by atoms with E-state index in [1.54, 1.807) is 20.8 Å². The molecule has 1 atom stereocenters. The Bertz CT molecular complexity index is 912. The number of aromatic nitrogens is 1. The van der Waals surface area contributed by atoms with E-state index in [2.05, 4.69) is 15.0 Å². The van der Waals surface area contributed by atoms with Crippen molar-refractivity contribution in [2.75, 3.05) is 10.0 Å². The quantitative estimate of drug-likeness (QED) is 0.718. The number of amides is 1. The first kappa shape index (κ1) is 20.4. The summed E-state index contributed by atoms with van der Waals surface area (Å²) in [6.45, 7) is 5.21. The van der Waals surface area contributed by atoms with E-state index < -0.39 is 45.3 Å². The molecule has 7 nitrogen and oxygen atoms in total. The van der Waals surface area contributed by atoms with E-state index in [4.69, 9.17) is 5.11 Å². The predicted molar refractivity (Wildman–Crippen MR) is 95.7 cm³/mol. The number of hydrogen-bond acceptors (Lipinski definition) is 4. The predicted octanol–water partition coefficient (Wildman–Crippen LogP) is 3.18. The molecular formula is C17H17F2N3O4S. The Kier molecular flexibility index (Phi) is 5.89. The third-order valence-electron chi connectivity index (χ3n) is 3.36. The highest BCUT2D eigenvalue weighted by atomic mass is 32.2. The molecule has 144 valence electrons. The molecule has 0 saturated heterocycles. The minimum atomic E-state index is -1.99. The average Bonchev–Trinajstić information content (AvgIpc) is 2.57. The van der Waals surface area contributed by atoms with Crippen LogP contribution >= 0.6 is 0 Å². The van der Waals surface area contributed by atoms with E-state index in [0.717, 1.165) is 0 Å². The minimum Gasteiger partial charge on any atom is -0.478 e. The molecule has 10 heteroatoms. The summed E-state index contributed by atoms with van der Waals surface area (Å²) < 4.78 is 42.1. The Labute approximate surface area is 156 Å². The zero-order valence-electron chi connectivity index (χ0n) is 14.7. The highest BCUT2D eigenvalue weighted by molar-refractivity contribution is 7.86. The molecule has 27 heavy (non-hydrogen) atoms. The highest BCUT2D eigenvalue weighted by Crippen LogP contribution is 2.22. The summed E-state index contributed by atoms with van der Waals surface area (Å²) in [4.78, 5) is 26.8. The van der Waals surface area contributed by atoms with Gasteiger partial charge >= 0.3 is 5.97 Å². The maximum Gasteiger partial charge on any atom is 0.338 e. The first-order valence-corrected chi connectivity index (χ1v) is 8.82. The number of benzene rings is 1. The molecule has 0 aliphatic rings. The van der Waals surface area contributed by atoms with Crippen molar-refractivity contribution in [3.63, 3.8) is 0 Å². The number of nitrogens with zero attached hydrogens (tertiary/aromatic N) is 1. The van der Waals surface area contributed by atoms with Crippen LogP contribution in [0.25, 0.3) is 0 Å². The van der Waals surface area contributed by atoms with E-state index in [0.29, 0.717) is 12.1 Å². The van der Waals surface area contributed by atoms with Gasteiger partial charge in [0.1, 0.15) is 17.5 Å². The maximum atomic E-state index is 13.9. The van der Waals surface area contributed by atoms with Crippen molar-refractivity contribution < 1.29 is 27.7 Å². The second-order valence-corrected chi connectivity index (χ2v) is 7.78. The Morgan fingerprint density at radius 2 is 1.81 bits per heavy atom. The summed E-state index contributed by atoms with van der Waals surface area (Å²) in [5.41, 5.74) is -1.90. The first-order chi connectivity index (χ1) is 12.5. The molecule has 2 rings (SSSR count). The lowest BCUT2D eigenvalue weighted by Gasteiger charge is -2.17. The fourth-order valence-electron chi connectivity index (χ4n) is 1.82. The minimum absolute atomic E-state index is 0.144. The normalized spacial score (nSPS) is 12.3. The maximum absolute atomic E-state index is 13.9. The largest absolute Gasteiger partial charge is 0.478 e. The van der Waals surface area contributed by atoms with Crippen LogP contribution in [0.5, 0.6) is 0 Å². The van der Waals surface area contributed by atoms with Crippen molar-refractivity contribution in [1.29, 1.82) is 0 Å². The summed E-state index contributed by atoms with van der Waals surface area (Å²) in [7, 11) is -1.99. The zero-order chi connectivity index (χ0) is 20.4. The second-order valence-electron chi connectivity index (χ2n) is 6.57. The van der Waals surface area contributed by atoms with Crippen LogP contribution in [-0.2, 0) is 15.8 Å². The SMILES string of the molecule is CC(C)(C)C(=O)Nc1ccc(S(=O)Nc2cc(F)c(C(=O)O)cc2F)cn1. The van der Waals surface area contributed by atoms with E-state index in [9.17, 15) is 22.6 Å². The molecular weight excluding hydrogens is 380 g/mol. The lowest BCUT2D eigenvalue weighted by Crippen LogP contribution is -2.28. The molecule has 0 saturated carbocycles. The molecule has 1 amide bonds. The number of carbonyl (C=O) groups is 2. The molecule has 1 aromatic carbocycles. The molecule has 0 radical (unpaired) electrons. The lowest BCUT2D eigenvalue weighted by atomic mass is 9.96. The van der Waals surface area contributed by atoms with Gasteiger partial charge in [-0.2, -0.15) is 0 Å². The van der Waals surface area contributed by atoms with E-state index in [1.807, 2.05) is 0 Å². The molecule has 0 bridgehead atoms. The van der Waals surface area contributed by atoms with Crippen LogP contribution in [0, 0.1) is 17.0 Å². The molecule has 0 aliphatic carbocycles. The summed E-state index contributed by atoms with van der Waals surface area (Å²) >= 11 is 0. The van der Waals surface area contributed by atoms with Gasteiger partial charge in [-0.25, -0.2) is 22.8 Å². The third kappa shape index (κ3) is 5.07. The molecule has 0 aliphatic heterocycles. The van der Waals surface area contributed by atoms with Gasteiger partial charge in [0.25, 0.3) is 0 Å².